The predicted molar refractivity (Wildman–Crippen MR) is 121 cm³/mol. The third-order valence-electron chi connectivity index (χ3n) is 5.41. The molecule has 1 aliphatic heterocycles. The number of hydrogen-bond donors (Lipinski definition) is 5. The van der Waals surface area contributed by atoms with Gasteiger partial charge in [0.2, 0.25) is 5.60 Å². The van der Waals surface area contributed by atoms with Gasteiger partial charge in [0.05, 0.1) is 18.3 Å². The molecule has 6 N–H and O–H groups in total. The number of thiazole rings is 1. The Morgan fingerprint density at radius 1 is 1.42 bits per heavy atom. The van der Waals surface area contributed by atoms with Gasteiger partial charge in [0, 0.05) is 31.0 Å². The normalized spacial score (nSPS) is 21.1. The molecule has 19 heteroatoms. The summed E-state index contributed by atoms with van der Waals surface area (Å²) in [6.07, 6.45) is 1.86. The number of aliphatic carboxylic acids is 1. The van der Waals surface area contributed by atoms with Gasteiger partial charge in [0.15, 0.2) is 10.8 Å². The van der Waals surface area contributed by atoms with E-state index in [4.69, 9.17) is 10.6 Å². The third-order valence-corrected chi connectivity index (χ3v) is 7.03. The zero-order valence-corrected chi connectivity index (χ0v) is 20.2. The first kappa shape index (κ1) is 25.4. The lowest BCUT2D eigenvalue weighted by Crippen LogP contribution is -2.73. The van der Waals surface area contributed by atoms with Crippen LogP contribution in [0.15, 0.2) is 16.7 Å². The number of aromatic nitrogens is 4. The van der Waals surface area contributed by atoms with Crippen LogP contribution in [0.1, 0.15) is 24.2 Å². The molecular formula is C17H21N9O8S2. The standard InChI is InChI=1S/C17H21N9O8S2/c1-19-4-8-5-25(24-22-8)6-10-12(14(28)26(10)36(31,32)33)21-13(27)11(9-7-35-16(18)20-9)23-34-17(2-3-17)15(29)30/h5,7,10,12,19H,2-4,6H2,1H3,(H2,18,20)(H,21,27)(H,29,30)(H,31,32,33)/b23-11-. The van der Waals surface area contributed by atoms with Crippen molar-refractivity contribution in [3.63, 3.8) is 0 Å². The predicted octanol–water partition coefficient (Wildman–Crippen LogP) is -2.43. The summed E-state index contributed by atoms with van der Waals surface area (Å²) in [6.45, 7) is 0.141. The molecule has 2 aliphatic rings. The summed E-state index contributed by atoms with van der Waals surface area (Å²) < 4.78 is 34.5. The van der Waals surface area contributed by atoms with E-state index in [-0.39, 0.29) is 34.5 Å². The van der Waals surface area contributed by atoms with E-state index in [0.29, 0.717) is 12.2 Å². The van der Waals surface area contributed by atoms with E-state index in [9.17, 15) is 32.5 Å². The fraction of sp³-hybridized carbons (Fsp3) is 0.471. The van der Waals surface area contributed by atoms with Crippen LogP contribution >= 0.6 is 11.3 Å². The van der Waals surface area contributed by atoms with Crippen LogP contribution < -0.4 is 16.4 Å². The highest BCUT2D eigenvalue weighted by molar-refractivity contribution is 7.84. The summed E-state index contributed by atoms with van der Waals surface area (Å²) >= 11 is 0.980. The van der Waals surface area contributed by atoms with Crippen LogP contribution in [0.25, 0.3) is 0 Å². The molecule has 0 bridgehead atoms. The quantitative estimate of drug-likeness (QED) is 0.0857. The molecule has 0 spiro atoms. The summed E-state index contributed by atoms with van der Waals surface area (Å²) in [5.41, 5.74) is 4.08. The number of rotatable bonds is 11. The molecule has 2 unspecified atom stereocenters. The Hall–Kier alpha value is -3.68. The number of β-lactam (4-membered cyclic amide) rings is 1. The number of amides is 2. The third kappa shape index (κ3) is 4.98. The monoisotopic (exact) mass is 543 g/mol. The van der Waals surface area contributed by atoms with Gasteiger partial charge in [0.1, 0.15) is 11.7 Å². The maximum absolute atomic E-state index is 13.1. The van der Waals surface area contributed by atoms with Gasteiger partial charge in [-0.2, -0.15) is 8.42 Å². The van der Waals surface area contributed by atoms with E-state index < -0.39 is 51.5 Å². The van der Waals surface area contributed by atoms with Gasteiger partial charge >= 0.3 is 16.3 Å². The van der Waals surface area contributed by atoms with E-state index in [2.05, 4.69) is 31.1 Å². The molecule has 194 valence electrons. The van der Waals surface area contributed by atoms with Crippen LogP contribution in [0.5, 0.6) is 0 Å². The van der Waals surface area contributed by atoms with Crippen LogP contribution in [0, 0.1) is 0 Å². The number of oxime groups is 1. The molecule has 2 amide bonds. The number of carbonyl (C=O) groups is 3. The number of carbonyl (C=O) groups excluding carboxylic acids is 2. The Balaban J connectivity index is 1.57. The van der Waals surface area contributed by atoms with E-state index in [1.807, 2.05) is 0 Å². The minimum absolute atomic E-state index is 0.0425. The van der Waals surface area contributed by atoms with E-state index in [1.54, 1.807) is 7.05 Å². The molecule has 4 rings (SSSR count). The number of nitrogens with zero attached hydrogens (tertiary/aromatic N) is 6. The minimum Gasteiger partial charge on any atom is -0.478 e. The molecule has 2 aromatic rings. The Bertz CT molecular complexity index is 1330. The molecule has 2 aromatic heterocycles. The highest BCUT2D eigenvalue weighted by atomic mass is 32.2. The van der Waals surface area contributed by atoms with Crippen molar-refractivity contribution in [2.45, 2.75) is 43.6 Å². The minimum atomic E-state index is -4.95. The molecule has 17 nitrogen and oxygen atoms in total. The van der Waals surface area contributed by atoms with Crippen molar-refractivity contribution in [1.29, 1.82) is 0 Å². The van der Waals surface area contributed by atoms with Gasteiger partial charge < -0.3 is 26.3 Å². The van der Waals surface area contributed by atoms with Gasteiger partial charge in [-0.25, -0.2) is 14.1 Å². The second-order valence-corrected chi connectivity index (χ2v) is 10.2. The SMILES string of the molecule is CNCc1cn(CC2C(NC(=O)/C(=N\OC3(C(=O)O)CC3)c3csc(N)n3)C(=O)N2S(=O)(=O)O)nn1. The maximum Gasteiger partial charge on any atom is 0.362 e. The molecule has 2 atom stereocenters. The lowest BCUT2D eigenvalue weighted by molar-refractivity contribution is -0.153. The van der Waals surface area contributed by atoms with Gasteiger partial charge in [-0.1, -0.05) is 10.4 Å². The van der Waals surface area contributed by atoms with Crippen molar-refractivity contribution in [3.8, 4) is 0 Å². The van der Waals surface area contributed by atoms with E-state index in [1.165, 1.54) is 16.3 Å². The Morgan fingerprint density at radius 3 is 2.69 bits per heavy atom. The smallest absolute Gasteiger partial charge is 0.362 e. The fourth-order valence-electron chi connectivity index (χ4n) is 3.42. The van der Waals surface area contributed by atoms with Crippen molar-refractivity contribution < 1.29 is 37.3 Å². The second kappa shape index (κ2) is 9.41. The zero-order valence-electron chi connectivity index (χ0n) is 18.6. The molecule has 1 saturated heterocycles. The number of nitrogens with two attached hydrogens (primary N) is 1. The average Bonchev–Trinajstić information content (AvgIpc) is 3.27. The van der Waals surface area contributed by atoms with Gasteiger partial charge in [-0.05, 0) is 7.05 Å². The first-order chi connectivity index (χ1) is 16.9. The van der Waals surface area contributed by atoms with E-state index >= 15 is 0 Å². The van der Waals surface area contributed by atoms with Gasteiger partial charge in [-0.3, -0.25) is 18.8 Å². The first-order valence-corrected chi connectivity index (χ1v) is 12.6. The number of nitrogens with one attached hydrogen (secondary N) is 2. The van der Waals surface area contributed by atoms with Gasteiger partial charge in [0.25, 0.3) is 11.8 Å². The van der Waals surface area contributed by atoms with Crippen molar-refractivity contribution >= 4 is 50.3 Å². The Labute approximate surface area is 207 Å². The largest absolute Gasteiger partial charge is 0.478 e. The van der Waals surface area contributed by atoms with Crippen molar-refractivity contribution in [2.24, 2.45) is 5.16 Å². The van der Waals surface area contributed by atoms with Crippen molar-refractivity contribution in [2.75, 3.05) is 12.8 Å². The summed E-state index contributed by atoms with van der Waals surface area (Å²) in [7, 11) is -3.26. The number of carboxylic acids is 1. The van der Waals surface area contributed by atoms with Crippen molar-refractivity contribution in [3.05, 3.63) is 23.0 Å². The van der Waals surface area contributed by atoms with E-state index in [0.717, 1.165) is 11.3 Å². The van der Waals surface area contributed by atoms with Crippen LogP contribution in [0.2, 0.25) is 0 Å². The fourth-order valence-corrected chi connectivity index (χ4v) is 4.84. The Morgan fingerprint density at radius 2 is 2.14 bits per heavy atom. The summed E-state index contributed by atoms with van der Waals surface area (Å²) in [4.78, 5) is 46.1. The highest BCUT2D eigenvalue weighted by Gasteiger charge is 2.56. The number of anilines is 1. The number of hydrogen-bond acceptors (Lipinski definition) is 13. The molecule has 1 aliphatic carbocycles. The lowest BCUT2D eigenvalue weighted by atomic mass is 9.98. The molecule has 3 heterocycles. The zero-order chi connectivity index (χ0) is 26.3. The summed E-state index contributed by atoms with van der Waals surface area (Å²) in [5, 5.41) is 27.4. The average molecular weight is 544 g/mol. The maximum atomic E-state index is 13.1. The first-order valence-electron chi connectivity index (χ1n) is 10.3. The molecule has 1 saturated carbocycles. The number of carboxylic acid groups (broad SMARTS) is 1. The van der Waals surface area contributed by atoms with Crippen LogP contribution in [0.3, 0.4) is 0 Å². The molecule has 0 aromatic carbocycles. The highest BCUT2D eigenvalue weighted by Crippen LogP contribution is 2.40. The summed E-state index contributed by atoms with van der Waals surface area (Å²) in [5.74, 6) is -3.37. The van der Waals surface area contributed by atoms with Crippen LogP contribution in [0.4, 0.5) is 5.13 Å². The molecule has 36 heavy (non-hydrogen) atoms. The van der Waals surface area contributed by atoms with Crippen LogP contribution in [-0.2, 0) is 42.6 Å². The second-order valence-electron chi connectivity index (χ2n) is 7.99. The van der Waals surface area contributed by atoms with Gasteiger partial charge in [-0.15, -0.1) is 16.4 Å². The van der Waals surface area contributed by atoms with Crippen molar-refractivity contribution in [1.82, 2.24) is 34.9 Å². The summed E-state index contributed by atoms with van der Waals surface area (Å²) in [6, 6.07) is -2.66. The van der Waals surface area contributed by atoms with Crippen LogP contribution in [-0.4, -0.2) is 90.6 Å². The number of nitrogen functional groups attached to an aromatic ring is 1. The molecule has 2 fully saturated rings. The Kier molecular flexibility index (Phi) is 6.64. The lowest BCUT2D eigenvalue weighted by Gasteiger charge is -2.43. The molecular weight excluding hydrogens is 522 g/mol. The topological polar surface area (TPSA) is 244 Å². The molecule has 0 radical (unpaired) electrons.